The third-order valence-electron chi connectivity index (χ3n) is 3.72. The van der Waals surface area contributed by atoms with Crippen molar-refractivity contribution < 1.29 is 4.39 Å². The van der Waals surface area contributed by atoms with Crippen molar-refractivity contribution in [3.63, 3.8) is 0 Å². The number of nitrogens with one attached hydrogen (secondary N) is 1. The predicted molar refractivity (Wildman–Crippen MR) is 114 cm³/mol. The van der Waals surface area contributed by atoms with Crippen molar-refractivity contribution in [3.8, 4) is 5.69 Å². The number of hydrogen-bond acceptors (Lipinski definition) is 2. The molecular formula is C19H21FIN5. The zero-order chi connectivity index (χ0) is 17.8. The molecular weight excluding hydrogens is 444 g/mol. The SMILES string of the molecule is Cc1cc(C)cc(NC(N)=NCc2ccc(-n3ccnc3)c(F)c2)c1.I. The number of aryl methyl sites for hydroxylation is 2. The predicted octanol–water partition coefficient (Wildman–Crippen LogP) is 4.17. The summed E-state index contributed by atoms with van der Waals surface area (Å²) in [6.07, 6.45) is 4.86. The summed E-state index contributed by atoms with van der Waals surface area (Å²) in [6.45, 7) is 4.34. The summed E-state index contributed by atoms with van der Waals surface area (Å²) < 4.78 is 15.9. The number of nitrogens with zero attached hydrogens (tertiary/aromatic N) is 3. The van der Waals surface area contributed by atoms with E-state index in [0.29, 0.717) is 18.2 Å². The molecule has 0 unspecified atom stereocenters. The number of aromatic nitrogens is 2. The highest BCUT2D eigenvalue weighted by Gasteiger charge is 2.05. The lowest BCUT2D eigenvalue weighted by Crippen LogP contribution is -2.22. The zero-order valence-electron chi connectivity index (χ0n) is 14.6. The van der Waals surface area contributed by atoms with E-state index >= 15 is 0 Å². The van der Waals surface area contributed by atoms with Crippen LogP contribution in [-0.4, -0.2) is 15.5 Å². The van der Waals surface area contributed by atoms with Crippen LogP contribution in [0.1, 0.15) is 16.7 Å². The first-order valence-electron chi connectivity index (χ1n) is 7.93. The quantitative estimate of drug-likeness (QED) is 0.345. The second kappa shape index (κ2) is 8.79. The van der Waals surface area contributed by atoms with E-state index in [-0.39, 0.29) is 29.8 Å². The number of anilines is 1. The van der Waals surface area contributed by atoms with Gasteiger partial charge >= 0.3 is 0 Å². The van der Waals surface area contributed by atoms with E-state index in [1.807, 2.05) is 32.0 Å². The van der Waals surface area contributed by atoms with Crippen molar-refractivity contribution in [2.24, 2.45) is 10.7 Å². The minimum Gasteiger partial charge on any atom is -0.370 e. The smallest absolute Gasteiger partial charge is 0.193 e. The van der Waals surface area contributed by atoms with Crippen LogP contribution in [0.15, 0.2) is 60.1 Å². The van der Waals surface area contributed by atoms with Gasteiger partial charge in [0.2, 0.25) is 0 Å². The molecule has 0 aliphatic heterocycles. The summed E-state index contributed by atoms with van der Waals surface area (Å²) in [5.74, 6) is -0.0318. The summed E-state index contributed by atoms with van der Waals surface area (Å²) in [6, 6.07) is 11.1. The standard InChI is InChI=1S/C19H20FN5.HI/c1-13-7-14(2)9-16(8-13)24-19(21)23-11-15-3-4-18(17(20)10-15)25-6-5-22-12-25;/h3-10,12H,11H2,1-2H3,(H3,21,23,24);1H. The van der Waals surface area contributed by atoms with Gasteiger partial charge in [-0.05, 0) is 54.8 Å². The molecule has 0 bridgehead atoms. The van der Waals surface area contributed by atoms with Gasteiger partial charge in [-0.3, -0.25) is 0 Å². The van der Waals surface area contributed by atoms with Crippen LogP contribution in [0.3, 0.4) is 0 Å². The normalized spacial score (nSPS) is 11.1. The summed E-state index contributed by atoms with van der Waals surface area (Å²) in [4.78, 5) is 8.20. The van der Waals surface area contributed by atoms with E-state index in [4.69, 9.17) is 5.73 Å². The van der Waals surface area contributed by atoms with Crippen LogP contribution >= 0.6 is 24.0 Å². The molecule has 5 nitrogen and oxygen atoms in total. The van der Waals surface area contributed by atoms with Crippen molar-refractivity contribution in [1.82, 2.24) is 9.55 Å². The Balaban J connectivity index is 0.00000243. The lowest BCUT2D eigenvalue weighted by atomic mass is 10.1. The van der Waals surface area contributed by atoms with Crippen LogP contribution in [0, 0.1) is 19.7 Å². The molecule has 136 valence electrons. The average molecular weight is 465 g/mol. The van der Waals surface area contributed by atoms with Crippen LogP contribution in [-0.2, 0) is 6.54 Å². The van der Waals surface area contributed by atoms with E-state index in [0.717, 1.165) is 22.4 Å². The number of aliphatic imine (C=N–C) groups is 1. The topological polar surface area (TPSA) is 68.2 Å². The van der Waals surface area contributed by atoms with E-state index in [2.05, 4.69) is 21.4 Å². The Hall–Kier alpha value is -2.42. The molecule has 7 heteroatoms. The van der Waals surface area contributed by atoms with Gasteiger partial charge in [-0.25, -0.2) is 14.4 Å². The third-order valence-corrected chi connectivity index (χ3v) is 3.72. The molecule has 0 atom stereocenters. The maximum absolute atomic E-state index is 14.2. The first-order chi connectivity index (χ1) is 12.0. The van der Waals surface area contributed by atoms with Gasteiger partial charge in [-0.1, -0.05) is 12.1 Å². The summed E-state index contributed by atoms with van der Waals surface area (Å²) in [5.41, 5.74) is 10.3. The van der Waals surface area contributed by atoms with Gasteiger partial charge in [-0.2, -0.15) is 0 Å². The third kappa shape index (κ3) is 5.04. The van der Waals surface area contributed by atoms with Crippen molar-refractivity contribution in [2.45, 2.75) is 20.4 Å². The zero-order valence-corrected chi connectivity index (χ0v) is 16.9. The number of rotatable bonds is 4. The van der Waals surface area contributed by atoms with Crippen molar-refractivity contribution in [3.05, 3.63) is 77.6 Å². The van der Waals surface area contributed by atoms with Crippen molar-refractivity contribution in [1.29, 1.82) is 0 Å². The minimum atomic E-state index is -0.327. The van der Waals surface area contributed by atoms with Crippen LogP contribution in [0.4, 0.5) is 10.1 Å². The van der Waals surface area contributed by atoms with Gasteiger partial charge in [0.25, 0.3) is 0 Å². The molecule has 0 spiro atoms. The van der Waals surface area contributed by atoms with Gasteiger partial charge < -0.3 is 15.6 Å². The fourth-order valence-electron chi connectivity index (χ4n) is 2.67. The van der Waals surface area contributed by atoms with Gasteiger partial charge in [0.1, 0.15) is 5.82 Å². The molecule has 1 heterocycles. The Kier molecular flexibility index (Phi) is 6.73. The highest BCUT2D eigenvalue weighted by atomic mass is 127. The minimum absolute atomic E-state index is 0. The van der Waals surface area contributed by atoms with E-state index in [1.54, 1.807) is 29.4 Å². The number of halogens is 2. The molecule has 3 rings (SSSR count). The monoisotopic (exact) mass is 465 g/mol. The van der Waals surface area contributed by atoms with Crippen LogP contribution in [0.5, 0.6) is 0 Å². The van der Waals surface area contributed by atoms with Gasteiger partial charge in [0.15, 0.2) is 5.96 Å². The van der Waals surface area contributed by atoms with Gasteiger partial charge in [0, 0.05) is 18.1 Å². The molecule has 0 aliphatic carbocycles. The number of benzene rings is 2. The molecule has 2 aromatic carbocycles. The Bertz CT molecular complexity index is 886. The molecule has 0 amide bonds. The molecule has 0 radical (unpaired) electrons. The number of hydrogen-bond donors (Lipinski definition) is 2. The van der Waals surface area contributed by atoms with Crippen molar-refractivity contribution >= 4 is 35.6 Å². The Morgan fingerprint density at radius 3 is 2.54 bits per heavy atom. The first-order valence-corrected chi connectivity index (χ1v) is 7.93. The fourth-order valence-corrected chi connectivity index (χ4v) is 2.67. The lowest BCUT2D eigenvalue weighted by molar-refractivity contribution is 0.616. The summed E-state index contributed by atoms with van der Waals surface area (Å²) in [7, 11) is 0. The van der Waals surface area contributed by atoms with Crippen LogP contribution in [0.2, 0.25) is 0 Å². The highest BCUT2D eigenvalue weighted by molar-refractivity contribution is 14.0. The second-order valence-electron chi connectivity index (χ2n) is 5.96. The maximum atomic E-state index is 14.2. The molecule has 3 aromatic rings. The van der Waals surface area contributed by atoms with Gasteiger partial charge in [-0.15, -0.1) is 24.0 Å². The average Bonchev–Trinajstić information content (AvgIpc) is 3.06. The second-order valence-corrected chi connectivity index (χ2v) is 5.96. The molecule has 0 aliphatic rings. The molecule has 0 saturated carbocycles. The van der Waals surface area contributed by atoms with Crippen molar-refractivity contribution in [2.75, 3.05) is 5.32 Å². The fraction of sp³-hybridized carbons (Fsp3) is 0.158. The van der Waals surface area contributed by atoms with Crippen LogP contribution in [0.25, 0.3) is 5.69 Å². The van der Waals surface area contributed by atoms with Gasteiger partial charge in [0.05, 0.1) is 18.6 Å². The first kappa shape index (κ1) is 19.9. The van der Waals surface area contributed by atoms with E-state index in [1.165, 1.54) is 6.07 Å². The lowest BCUT2D eigenvalue weighted by Gasteiger charge is -2.09. The number of imidazole rings is 1. The number of guanidine groups is 1. The molecule has 26 heavy (non-hydrogen) atoms. The Labute approximate surface area is 169 Å². The molecule has 3 N–H and O–H groups in total. The molecule has 0 saturated heterocycles. The maximum Gasteiger partial charge on any atom is 0.193 e. The summed E-state index contributed by atoms with van der Waals surface area (Å²) in [5, 5.41) is 3.06. The molecule has 1 aromatic heterocycles. The molecule has 0 fully saturated rings. The largest absolute Gasteiger partial charge is 0.370 e. The Morgan fingerprint density at radius 1 is 1.19 bits per heavy atom. The Morgan fingerprint density at radius 2 is 1.92 bits per heavy atom. The van der Waals surface area contributed by atoms with E-state index < -0.39 is 0 Å². The van der Waals surface area contributed by atoms with Crippen LogP contribution < -0.4 is 11.1 Å². The summed E-state index contributed by atoms with van der Waals surface area (Å²) >= 11 is 0. The number of nitrogens with two attached hydrogens (primary N) is 1. The van der Waals surface area contributed by atoms with E-state index in [9.17, 15) is 4.39 Å². The highest BCUT2D eigenvalue weighted by Crippen LogP contribution is 2.16.